The molecule has 2 aliphatic rings. The third kappa shape index (κ3) is 5.37. The Kier molecular flexibility index (Phi) is 5.97. The fourth-order valence-electron chi connectivity index (χ4n) is 3.53. The van der Waals surface area contributed by atoms with Crippen LogP contribution in [0.1, 0.15) is 24.8 Å². The quantitative estimate of drug-likeness (QED) is 0.660. The van der Waals surface area contributed by atoms with Crippen LogP contribution in [-0.2, 0) is 16.0 Å². The van der Waals surface area contributed by atoms with Gasteiger partial charge in [0, 0.05) is 36.9 Å². The van der Waals surface area contributed by atoms with E-state index in [4.69, 9.17) is 0 Å². The van der Waals surface area contributed by atoms with Crippen molar-refractivity contribution in [2.45, 2.75) is 31.7 Å². The highest BCUT2D eigenvalue weighted by molar-refractivity contribution is 5.97. The van der Waals surface area contributed by atoms with Crippen LogP contribution in [0.3, 0.4) is 0 Å². The zero-order valence-corrected chi connectivity index (χ0v) is 16.8. The zero-order chi connectivity index (χ0) is 20.9. The highest BCUT2D eigenvalue weighted by Crippen LogP contribution is 2.22. The number of nitrogens with one attached hydrogen (secondary N) is 3. The molecule has 7 heteroatoms. The predicted molar refractivity (Wildman–Crippen MR) is 115 cm³/mol. The molecule has 0 spiro atoms. The number of nitrogens with zero attached hydrogens (tertiary/aromatic N) is 1. The summed E-state index contributed by atoms with van der Waals surface area (Å²) in [5.74, 6) is -0.486. The number of hydrogen-bond donors (Lipinski definition) is 3. The second-order valence-corrected chi connectivity index (χ2v) is 7.92. The molecule has 3 N–H and O–H groups in total. The van der Waals surface area contributed by atoms with Gasteiger partial charge < -0.3 is 20.9 Å². The Morgan fingerprint density at radius 3 is 2.27 bits per heavy atom. The van der Waals surface area contributed by atoms with E-state index in [-0.39, 0.29) is 30.2 Å². The molecule has 2 aromatic rings. The van der Waals surface area contributed by atoms with Gasteiger partial charge in [0.1, 0.15) is 0 Å². The molecular formula is C23H26N4O3. The Hall–Kier alpha value is -3.35. The molecule has 156 valence electrons. The molecule has 4 amide bonds. The maximum absolute atomic E-state index is 12.6. The molecule has 7 nitrogen and oxygen atoms in total. The van der Waals surface area contributed by atoms with E-state index in [9.17, 15) is 14.4 Å². The number of carbonyl (C=O) groups excluding carboxylic acids is 3. The van der Waals surface area contributed by atoms with Crippen LogP contribution in [0.2, 0.25) is 0 Å². The third-order valence-corrected chi connectivity index (χ3v) is 5.42. The standard InChI is InChI=1S/C23H26N4O3/c28-21-14-17(15-27(21)13-12-16-4-2-1-3-5-16)22(29)24-18-6-8-19(9-7-18)25-23(30)26-20-10-11-20/h1-9,17,20H,10-15H2,(H,24,29)(H2,25,26,30). The number of rotatable bonds is 7. The first kappa shape index (κ1) is 19.9. The van der Waals surface area contributed by atoms with Crippen LogP contribution >= 0.6 is 0 Å². The number of amides is 4. The Morgan fingerprint density at radius 1 is 0.933 bits per heavy atom. The van der Waals surface area contributed by atoms with Crippen LogP contribution in [-0.4, -0.2) is 41.9 Å². The molecule has 1 saturated heterocycles. The summed E-state index contributed by atoms with van der Waals surface area (Å²) in [6.07, 6.45) is 3.09. The lowest BCUT2D eigenvalue weighted by atomic mass is 10.1. The molecule has 1 heterocycles. The molecule has 0 radical (unpaired) electrons. The summed E-state index contributed by atoms with van der Waals surface area (Å²) in [6.45, 7) is 1.06. The smallest absolute Gasteiger partial charge is 0.319 e. The number of anilines is 2. The first-order valence-corrected chi connectivity index (χ1v) is 10.4. The second-order valence-electron chi connectivity index (χ2n) is 7.92. The summed E-state index contributed by atoms with van der Waals surface area (Å²) in [4.78, 5) is 38.4. The van der Waals surface area contributed by atoms with Gasteiger partial charge in [0.2, 0.25) is 11.8 Å². The van der Waals surface area contributed by atoms with Crippen LogP contribution in [0, 0.1) is 5.92 Å². The minimum Gasteiger partial charge on any atom is -0.342 e. The number of carbonyl (C=O) groups is 3. The van der Waals surface area contributed by atoms with Crippen molar-refractivity contribution < 1.29 is 14.4 Å². The van der Waals surface area contributed by atoms with Crippen molar-refractivity contribution in [2.75, 3.05) is 23.7 Å². The molecule has 1 unspecified atom stereocenters. The first-order valence-electron chi connectivity index (χ1n) is 10.4. The highest BCUT2D eigenvalue weighted by Gasteiger charge is 2.34. The van der Waals surface area contributed by atoms with Crippen LogP contribution in [0.5, 0.6) is 0 Å². The van der Waals surface area contributed by atoms with Crippen LogP contribution < -0.4 is 16.0 Å². The third-order valence-electron chi connectivity index (χ3n) is 5.42. The van der Waals surface area contributed by atoms with Gasteiger partial charge in [0.15, 0.2) is 0 Å². The molecule has 30 heavy (non-hydrogen) atoms. The average molecular weight is 406 g/mol. The van der Waals surface area contributed by atoms with Crippen molar-refractivity contribution in [1.82, 2.24) is 10.2 Å². The van der Waals surface area contributed by atoms with E-state index in [1.807, 2.05) is 30.3 Å². The lowest BCUT2D eigenvalue weighted by molar-refractivity contribution is -0.128. The van der Waals surface area contributed by atoms with Gasteiger partial charge >= 0.3 is 6.03 Å². The lowest BCUT2D eigenvalue weighted by Crippen LogP contribution is -2.30. The molecule has 2 fully saturated rings. The van der Waals surface area contributed by atoms with E-state index in [1.54, 1.807) is 29.2 Å². The van der Waals surface area contributed by atoms with Crippen LogP contribution in [0.4, 0.5) is 16.2 Å². The zero-order valence-electron chi connectivity index (χ0n) is 16.8. The van der Waals surface area contributed by atoms with Gasteiger partial charge in [-0.05, 0) is 49.1 Å². The van der Waals surface area contributed by atoms with Crippen molar-refractivity contribution >= 4 is 29.2 Å². The van der Waals surface area contributed by atoms with Gasteiger partial charge in [-0.15, -0.1) is 0 Å². The summed E-state index contributed by atoms with van der Waals surface area (Å²) >= 11 is 0. The second kappa shape index (κ2) is 8.98. The van der Waals surface area contributed by atoms with Crippen molar-refractivity contribution in [3.63, 3.8) is 0 Å². The summed E-state index contributed by atoms with van der Waals surface area (Å²) in [5.41, 5.74) is 2.48. The molecule has 1 aliphatic carbocycles. The molecular weight excluding hydrogens is 380 g/mol. The first-order chi connectivity index (χ1) is 14.6. The number of benzene rings is 2. The topological polar surface area (TPSA) is 90.5 Å². The van der Waals surface area contributed by atoms with Crippen molar-refractivity contribution in [3.8, 4) is 0 Å². The maximum Gasteiger partial charge on any atom is 0.319 e. The average Bonchev–Trinajstić information content (AvgIpc) is 3.48. The van der Waals surface area contributed by atoms with Gasteiger partial charge in [-0.3, -0.25) is 9.59 Å². The molecule has 0 bridgehead atoms. The SMILES string of the molecule is O=C(Nc1ccc(NC(=O)C2CC(=O)N(CCc3ccccc3)C2)cc1)NC1CC1. The summed E-state index contributed by atoms with van der Waals surface area (Å²) in [5, 5.41) is 8.51. The molecule has 1 aliphatic heterocycles. The van der Waals surface area contributed by atoms with Gasteiger partial charge in [0.25, 0.3) is 0 Å². The molecule has 4 rings (SSSR count). The van der Waals surface area contributed by atoms with E-state index in [2.05, 4.69) is 16.0 Å². The number of likely N-dealkylation sites (tertiary alicyclic amines) is 1. The Morgan fingerprint density at radius 2 is 1.60 bits per heavy atom. The lowest BCUT2D eigenvalue weighted by Gasteiger charge is -2.16. The van der Waals surface area contributed by atoms with Crippen molar-refractivity contribution in [3.05, 3.63) is 60.2 Å². The van der Waals surface area contributed by atoms with E-state index in [0.717, 1.165) is 19.3 Å². The monoisotopic (exact) mass is 406 g/mol. The van der Waals surface area contributed by atoms with E-state index in [0.29, 0.717) is 30.5 Å². The van der Waals surface area contributed by atoms with Gasteiger partial charge in [-0.2, -0.15) is 0 Å². The van der Waals surface area contributed by atoms with E-state index in [1.165, 1.54) is 5.56 Å². The molecule has 2 aromatic carbocycles. The minimum absolute atomic E-state index is 0.0207. The largest absolute Gasteiger partial charge is 0.342 e. The predicted octanol–water partition coefficient (Wildman–Crippen LogP) is 3.00. The fourth-order valence-corrected chi connectivity index (χ4v) is 3.53. The molecule has 1 atom stereocenters. The van der Waals surface area contributed by atoms with Gasteiger partial charge in [-0.25, -0.2) is 4.79 Å². The van der Waals surface area contributed by atoms with Gasteiger partial charge in [-0.1, -0.05) is 30.3 Å². The van der Waals surface area contributed by atoms with Gasteiger partial charge in [0.05, 0.1) is 5.92 Å². The summed E-state index contributed by atoms with van der Waals surface area (Å²) in [6, 6.07) is 17.1. The molecule has 1 saturated carbocycles. The Labute approximate surface area is 175 Å². The van der Waals surface area contributed by atoms with Crippen LogP contribution in [0.15, 0.2) is 54.6 Å². The minimum atomic E-state index is -0.351. The van der Waals surface area contributed by atoms with Crippen molar-refractivity contribution in [1.29, 1.82) is 0 Å². The summed E-state index contributed by atoms with van der Waals surface area (Å²) < 4.78 is 0. The van der Waals surface area contributed by atoms with Crippen LogP contribution in [0.25, 0.3) is 0 Å². The highest BCUT2D eigenvalue weighted by atomic mass is 16.2. The van der Waals surface area contributed by atoms with E-state index < -0.39 is 0 Å². The normalized spacial score (nSPS) is 18.2. The maximum atomic E-state index is 12.6. The summed E-state index contributed by atoms with van der Waals surface area (Å²) in [7, 11) is 0. The van der Waals surface area contributed by atoms with Crippen molar-refractivity contribution in [2.24, 2.45) is 5.92 Å². The van der Waals surface area contributed by atoms with E-state index >= 15 is 0 Å². The molecule has 0 aromatic heterocycles. The Balaban J connectivity index is 1.25. The number of urea groups is 1. The number of hydrogen-bond acceptors (Lipinski definition) is 3. The Bertz CT molecular complexity index is 910. The fraction of sp³-hybridized carbons (Fsp3) is 0.348.